The molecule has 17 heavy (non-hydrogen) atoms. The molecule has 3 heteroatoms. The van der Waals surface area contributed by atoms with Gasteiger partial charge < -0.3 is 5.11 Å². The van der Waals surface area contributed by atoms with Crippen LogP contribution < -0.4 is 0 Å². The minimum absolute atomic E-state index is 0.164. The zero-order valence-corrected chi connectivity index (χ0v) is 11.2. The van der Waals surface area contributed by atoms with Crippen molar-refractivity contribution in [3.63, 3.8) is 0 Å². The number of rotatable bonds is 4. The van der Waals surface area contributed by atoms with E-state index in [9.17, 15) is 5.11 Å². The Balaban J connectivity index is 1.89. The molecule has 1 aliphatic rings. The second-order valence-electron chi connectivity index (χ2n) is 6.04. The molecule has 2 rings (SSSR count). The van der Waals surface area contributed by atoms with Crippen molar-refractivity contribution in [3.05, 3.63) is 18.0 Å². The van der Waals surface area contributed by atoms with Crippen LogP contribution in [0.5, 0.6) is 0 Å². The van der Waals surface area contributed by atoms with Gasteiger partial charge in [-0.25, -0.2) is 0 Å². The largest absolute Gasteiger partial charge is 0.393 e. The van der Waals surface area contributed by atoms with Crippen molar-refractivity contribution in [2.75, 3.05) is 0 Å². The number of aromatic nitrogens is 2. The normalized spacial score (nSPS) is 25.1. The fourth-order valence-corrected chi connectivity index (χ4v) is 3.21. The first-order valence-corrected chi connectivity index (χ1v) is 6.65. The van der Waals surface area contributed by atoms with Crippen LogP contribution >= 0.6 is 0 Å². The highest BCUT2D eigenvalue weighted by Crippen LogP contribution is 2.45. The first-order valence-electron chi connectivity index (χ1n) is 6.65. The Labute approximate surface area is 104 Å². The zero-order valence-electron chi connectivity index (χ0n) is 11.2. The van der Waals surface area contributed by atoms with Gasteiger partial charge in [-0.1, -0.05) is 20.3 Å². The Morgan fingerprint density at radius 3 is 2.88 bits per heavy atom. The van der Waals surface area contributed by atoms with Gasteiger partial charge in [0.25, 0.3) is 0 Å². The minimum atomic E-state index is -0.164. The van der Waals surface area contributed by atoms with Crippen LogP contribution in [0, 0.1) is 11.3 Å². The molecule has 0 spiro atoms. The molecule has 0 bridgehead atoms. The predicted molar refractivity (Wildman–Crippen MR) is 68.7 cm³/mol. The highest BCUT2D eigenvalue weighted by Gasteiger charge is 2.38. The summed E-state index contributed by atoms with van der Waals surface area (Å²) in [7, 11) is 1.96. The van der Waals surface area contributed by atoms with Crippen LogP contribution in [0.15, 0.2) is 12.3 Å². The van der Waals surface area contributed by atoms with Gasteiger partial charge in [0.2, 0.25) is 0 Å². The molecule has 1 heterocycles. The van der Waals surface area contributed by atoms with Crippen molar-refractivity contribution in [2.45, 2.75) is 52.1 Å². The summed E-state index contributed by atoms with van der Waals surface area (Å²) in [4.78, 5) is 0. The van der Waals surface area contributed by atoms with Crippen LogP contribution in [-0.2, 0) is 13.5 Å². The highest BCUT2D eigenvalue weighted by molar-refractivity contribution is 5.01. The Bertz CT molecular complexity index is 370. The lowest BCUT2D eigenvalue weighted by Crippen LogP contribution is -2.30. The molecule has 1 fully saturated rings. The number of hydrogen-bond donors (Lipinski definition) is 1. The molecule has 3 nitrogen and oxygen atoms in total. The van der Waals surface area contributed by atoms with E-state index < -0.39 is 0 Å². The van der Waals surface area contributed by atoms with E-state index in [0.717, 1.165) is 12.8 Å². The lowest BCUT2D eigenvalue weighted by Gasteiger charge is -2.31. The topological polar surface area (TPSA) is 38.0 Å². The number of aryl methyl sites for hydroxylation is 2. The maximum Gasteiger partial charge on any atom is 0.0577 e. The van der Waals surface area contributed by atoms with Crippen molar-refractivity contribution >= 4 is 0 Å². The second kappa shape index (κ2) is 4.81. The van der Waals surface area contributed by atoms with E-state index in [-0.39, 0.29) is 6.10 Å². The summed E-state index contributed by atoms with van der Waals surface area (Å²) < 4.78 is 1.90. The summed E-state index contributed by atoms with van der Waals surface area (Å²) in [6, 6.07) is 2.03. The maximum absolute atomic E-state index is 10.3. The summed E-state index contributed by atoms with van der Waals surface area (Å²) in [6.45, 7) is 4.58. The Kier molecular flexibility index (Phi) is 3.57. The molecule has 2 atom stereocenters. The van der Waals surface area contributed by atoms with Gasteiger partial charge in [0.1, 0.15) is 0 Å². The Hall–Kier alpha value is -0.830. The van der Waals surface area contributed by atoms with E-state index in [1.165, 1.54) is 25.0 Å². The van der Waals surface area contributed by atoms with Gasteiger partial charge in [0.05, 0.1) is 6.10 Å². The average molecular weight is 236 g/mol. The molecular weight excluding hydrogens is 212 g/mol. The van der Waals surface area contributed by atoms with Crippen molar-refractivity contribution < 1.29 is 5.11 Å². The molecule has 0 aliphatic heterocycles. The third-order valence-electron chi connectivity index (χ3n) is 4.42. The third-order valence-corrected chi connectivity index (χ3v) is 4.42. The van der Waals surface area contributed by atoms with E-state index >= 15 is 0 Å². The molecule has 0 aromatic carbocycles. The second-order valence-corrected chi connectivity index (χ2v) is 6.04. The predicted octanol–water partition coefficient (Wildman–Crippen LogP) is 2.54. The highest BCUT2D eigenvalue weighted by atomic mass is 16.3. The lowest BCUT2D eigenvalue weighted by atomic mass is 9.77. The van der Waals surface area contributed by atoms with Crippen molar-refractivity contribution in [3.8, 4) is 0 Å². The van der Waals surface area contributed by atoms with E-state index in [1.807, 2.05) is 24.0 Å². The summed E-state index contributed by atoms with van der Waals surface area (Å²) in [6.07, 6.45) is 7.13. The van der Waals surface area contributed by atoms with Gasteiger partial charge in [0.15, 0.2) is 0 Å². The quantitative estimate of drug-likeness (QED) is 0.872. The minimum Gasteiger partial charge on any atom is -0.393 e. The van der Waals surface area contributed by atoms with E-state index in [0.29, 0.717) is 11.3 Å². The van der Waals surface area contributed by atoms with Gasteiger partial charge in [-0.05, 0) is 43.1 Å². The van der Waals surface area contributed by atoms with Crippen LogP contribution in [-0.4, -0.2) is 21.0 Å². The number of nitrogens with zero attached hydrogens (tertiary/aromatic N) is 2. The summed E-state index contributed by atoms with van der Waals surface area (Å²) in [5, 5.41) is 14.5. The average Bonchev–Trinajstić information content (AvgIpc) is 2.81. The molecule has 0 saturated heterocycles. The smallest absolute Gasteiger partial charge is 0.0577 e. The van der Waals surface area contributed by atoms with E-state index in [4.69, 9.17) is 0 Å². The van der Waals surface area contributed by atoms with Crippen LogP contribution in [0.3, 0.4) is 0 Å². The first kappa shape index (κ1) is 12.6. The standard InChI is InChI=1S/C14H24N2O/c1-14(2)9-4-5-12(14)13(17)7-6-11-8-10-15-16(11)3/h8,10,12-13,17H,4-7,9H2,1-3H3. The first-order chi connectivity index (χ1) is 8.00. The van der Waals surface area contributed by atoms with Crippen LogP contribution in [0.4, 0.5) is 0 Å². The number of hydrogen-bond acceptors (Lipinski definition) is 2. The fourth-order valence-electron chi connectivity index (χ4n) is 3.21. The van der Waals surface area contributed by atoms with Gasteiger partial charge in [-0.3, -0.25) is 4.68 Å². The summed E-state index contributed by atoms with van der Waals surface area (Å²) >= 11 is 0. The Morgan fingerprint density at radius 1 is 1.59 bits per heavy atom. The Morgan fingerprint density at radius 2 is 2.35 bits per heavy atom. The maximum atomic E-state index is 10.3. The molecule has 0 radical (unpaired) electrons. The zero-order chi connectivity index (χ0) is 12.5. The van der Waals surface area contributed by atoms with Crippen LogP contribution in [0.1, 0.15) is 45.2 Å². The summed E-state index contributed by atoms with van der Waals surface area (Å²) in [5.41, 5.74) is 1.52. The van der Waals surface area contributed by atoms with Crippen LogP contribution in [0.2, 0.25) is 0 Å². The van der Waals surface area contributed by atoms with Gasteiger partial charge in [-0.15, -0.1) is 0 Å². The van der Waals surface area contributed by atoms with Gasteiger partial charge in [0, 0.05) is 18.9 Å². The fraction of sp³-hybridized carbons (Fsp3) is 0.786. The molecule has 1 saturated carbocycles. The van der Waals surface area contributed by atoms with E-state index in [2.05, 4.69) is 18.9 Å². The molecular formula is C14H24N2O. The van der Waals surface area contributed by atoms with E-state index in [1.54, 1.807) is 0 Å². The SMILES string of the molecule is Cn1nccc1CCC(O)C1CCCC1(C)C. The van der Waals surface area contributed by atoms with Gasteiger partial charge >= 0.3 is 0 Å². The lowest BCUT2D eigenvalue weighted by molar-refractivity contribution is 0.0474. The molecule has 2 unspecified atom stereocenters. The van der Waals surface area contributed by atoms with Crippen LogP contribution in [0.25, 0.3) is 0 Å². The molecule has 1 N–H and O–H groups in total. The van der Waals surface area contributed by atoms with Crippen molar-refractivity contribution in [1.29, 1.82) is 0 Å². The molecule has 1 aliphatic carbocycles. The third kappa shape index (κ3) is 2.71. The van der Waals surface area contributed by atoms with Crippen molar-refractivity contribution in [2.24, 2.45) is 18.4 Å². The molecule has 1 aromatic rings. The molecule has 0 amide bonds. The van der Waals surface area contributed by atoms with Crippen molar-refractivity contribution in [1.82, 2.24) is 9.78 Å². The summed E-state index contributed by atoms with van der Waals surface area (Å²) in [5.74, 6) is 0.468. The van der Waals surface area contributed by atoms with Gasteiger partial charge in [-0.2, -0.15) is 5.10 Å². The monoisotopic (exact) mass is 236 g/mol. The number of aliphatic hydroxyl groups is 1. The molecule has 96 valence electrons. The molecule has 1 aromatic heterocycles. The number of aliphatic hydroxyl groups excluding tert-OH is 1.